The van der Waals surface area contributed by atoms with Gasteiger partial charge in [0.15, 0.2) is 0 Å². The molecule has 5 nitrogen and oxygen atoms in total. The predicted molar refractivity (Wildman–Crippen MR) is 84.5 cm³/mol. The molecular formula is C16H28N4O. The van der Waals surface area contributed by atoms with Crippen molar-refractivity contribution in [3.8, 4) is 0 Å². The minimum atomic E-state index is 0.0971. The van der Waals surface area contributed by atoms with E-state index < -0.39 is 0 Å². The Bertz CT molecular complexity index is 475. The van der Waals surface area contributed by atoms with Crippen molar-refractivity contribution < 1.29 is 4.79 Å². The summed E-state index contributed by atoms with van der Waals surface area (Å²) in [5, 5.41) is 7.92. The van der Waals surface area contributed by atoms with Gasteiger partial charge in [0, 0.05) is 25.2 Å². The topological polar surface area (TPSA) is 50.2 Å². The van der Waals surface area contributed by atoms with Crippen molar-refractivity contribution in [3.63, 3.8) is 0 Å². The van der Waals surface area contributed by atoms with Crippen LogP contribution in [0.25, 0.3) is 0 Å². The molecule has 1 aliphatic rings. The molecule has 118 valence electrons. The third-order valence-corrected chi connectivity index (χ3v) is 4.13. The van der Waals surface area contributed by atoms with Crippen LogP contribution in [0.4, 0.5) is 0 Å². The molecule has 0 aromatic carbocycles. The summed E-state index contributed by atoms with van der Waals surface area (Å²) in [6, 6.07) is 2.51. The van der Waals surface area contributed by atoms with Crippen molar-refractivity contribution in [2.75, 3.05) is 13.1 Å². The molecule has 1 saturated heterocycles. The van der Waals surface area contributed by atoms with Gasteiger partial charge in [-0.15, -0.1) is 0 Å². The molecule has 0 aliphatic carbocycles. The number of rotatable bonds is 5. The Balaban J connectivity index is 2.14. The maximum atomic E-state index is 12.9. The Labute approximate surface area is 127 Å². The fraction of sp³-hybridized carbons (Fsp3) is 0.750. The average Bonchev–Trinajstić information content (AvgIpc) is 2.86. The van der Waals surface area contributed by atoms with E-state index in [1.807, 2.05) is 24.8 Å². The minimum absolute atomic E-state index is 0.0971. The first-order chi connectivity index (χ1) is 10.0. The molecule has 0 saturated carbocycles. The van der Waals surface area contributed by atoms with Crippen LogP contribution >= 0.6 is 0 Å². The molecule has 1 aromatic rings. The molecule has 1 N–H and O–H groups in total. The van der Waals surface area contributed by atoms with Crippen molar-refractivity contribution in [3.05, 3.63) is 17.5 Å². The molecule has 2 rings (SSSR count). The molecule has 0 spiro atoms. The highest BCUT2D eigenvalue weighted by atomic mass is 16.2. The fourth-order valence-corrected chi connectivity index (χ4v) is 2.95. The van der Waals surface area contributed by atoms with Gasteiger partial charge in [-0.3, -0.25) is 9.48 Å². The van der Waals surface area contributed by atoms with E-state index in [0.717, 1.165) is 31.7 Å². The number of amides is 1. The van der Waals surface area contributed by atoms with Crippen LogP contribution in [0.15, 0.2) is 6.07 Å². The van der Waals surface area contributed by atoms with Crippen molar-refractivity contribution in [2.45, 2.75) is 65.6 Å². The van der Waals surface area contributed by atoms with Crippen LogP contribution in [0, 0.1) is 6.92 Å². The summed E-state index contributed by atoms with van der Waals surface area (Å²) in [6.45, 7) is 10.7. The lowest BCUT2D eigenvalue weighted by atomic mass is 10.0. The summed E-state index contributed by atoms with van der Waals surface area (Å²) in [5.41, 5.74) is 1.61. The van der Waals surface area contributed by atoms with E-state index in [9.17, 15) is 4.79 Å². The quantitative estimate of drug-likeness (QED) is 0.905. The summed E-state index contributed by atoms with van der Waals surface area (Å²) in [4.78, 5) is 14.9. The van der Waals surface area contributed by atoms with E-state index in [4.69, 9.17) is 0 Å². The van der Waals surface area contributed by atoms with Crippen LogP contribution in [0.5, 0.6) is 0 Å². The first-order valence-electron chi connectivity index (χ1n) is 8.11. The standard InChI is InChI=1S/C16H28N4O/c1-5-20-15(10-13(4)18-20)16(21)19(12(2)3)11-14-8-6-7-9-17-14/h10,12,14,17H,5-9,11H2,1-4H3. The first kappa shape index (κ1) is 16.0. The van der Waals surface area contributed by atoms with Crippen molar-refractivity contribution in [1.29, 1.82) is 0 Å². The van der Waals surface area contributed by atoms with Gasteiger partial charge in [0.2, 0.25) is 0 Å². The number of piperidine rings is 1. The van der Waals surface area contributed by atoms with Crippen molar-refractivity contribution in [2.24, 2.45) is 0 Å². The summed E-state index contributed by atoms with van der Waals surface area (Å²) >= 11 is 0. The van der Waals surface area contributed by atoms with Gasteiger partial charge in [-0.25, -0.2) is 0 Å². The molecule has 2 heterocycles. The lowest BCUT2D eigenvalue weighted by Gasteiger charge is -2.33. The SMILES string of the molecule is CCn1nc(C)cc1C(=O)N(CC1CCCCN1)C(C)C. The highest BCUT2D eigenvalue weighted by Crippen LogP contribution is 2.14. The summed E-state index contributed by atoms with van der Waals surface area (Å²) in [7, 11) is 0. The smallest absolute Gasteiger partial charge is 0.272 e. The number of nitrogens with zero attached hydrogens (tertiary/aromatic N) is 3. The van der Waals surface area contributed by atoms with E-state index >= 15 is 0 Å². The maximum absolute atomic E-state index is 12.9. The maximum Gasteiger partial charge on any atom is 0.272 e. The number of aromatic nitrogens is 2. The monoisotopic (exact) mass is 292 g/mol. The Hall–Kier alpha value is -1.36. The zero-order chi connectivity index (χ0) is 15.4. The van der Waals surface area contributed by atoms with Gasteiger partial charge in [-0.2, -0.15) is 5.10 Å². The van der Waals surface area contributed by atoms with E-state index in [-0.39, 0.29) is 11.9 Å². The zero-order valence-electron chi connectivity index (χ0n) is 13.7. The molecule has 1 aliphatic heterocycles. The Morgan fingerprint density at radius 2 is 2.29 bits per heavy atom. The summed E-state index contributed by atoms with van der Waals surface area (Å²) < 4.78 is 1.81. The van der Waals surface area contributed by atoms with Gasteiger partial charge < -0.3 is 10.2 Å². The number of hydrogen-bond acceptors (Lipinski definition) is 3. The van der Waals surface area contributed by atoms with Gasteiger partial charge >= 0.3 is 0 Å². The Morgan fingerprint density at radius 3 is 2.86 bits per heavy atom. The van der Waals surface area contributed by atoms with Crippen LogP contribution in [0.2, 0.25) is 0 Å². The summed E-state index contributed by atoms with van der Waals surface area (Å²) in [5.74, 6) is 0.0971. The number of nitrogens with one attached hydrogen (secondary N) is 1. The second kappa shape index (κ2) is 7.07. The molecule has 1 unspecified atom stereocenters. The second-order valence-electron chi connectivity index (χ2n) is 6.18. The van der Waals surface area contributed by atoms with Gasteiger partial charge in [-0.05, 0) is 53.1 Å². The van der Waals surface area contributed by atoms with E-state index in [1.165, 1.54) is 12.8 Å². The lowest BCUT2D eigenvalue weighted by molar-refractivity contribution is 0.0664. The van der Waals surface area contributed by atoms with Gasteiger partial charge in [0.1, 0.15) is 5.69 Å². The molecule has 1 fully saturated rings. The average molecular weight is 292 g/mol. The number of aryl methyl sites for hydroxylation is 2. The molecule has 1 aromatic heterocycles. The lowest BCUT2D eigenvalue weighted by Crippen LogP contribution is -2.48. The van der Waals surface area contributed by atoms with Crippen molar-refractivity contribution in [1.82, 2.24) is 20.0 Å². The zero-order valence-corrected chi connectivity index (χ0v) is 13.7. The van der Waals surface area contributed by atoms with Crippen molar-refractivity contribution >= 4 is 5.91 Å². The second-order valence-corrected chi connectivity index (χ2v) is 6.18. The minimum Gasteiger partial charge on any atom is -0.333 e. The molecule has 5 heteroatoms. The first-order valence-corrected chi connectivity index (χ1v) is 8.11. The molecule has 1 atom stereocenters. The van der Waals surface area contributed by atoms with Crippen LogP contribution in [-0.2, 0) is 6.54 Å². The van der Waals surface area contributed by atoms with Crippen LogP contribution in [0.1, 0.15) is 56.2 Å². The molecule has 21 heavy (non-hydrogen) atoms. The largest absolute Gasteiger partial charge is 0.333 e. The number of carbonyl (C=O) groups excluding carboxylic acids is 1. The van der Waals surface area contributed by atoms with Crippen LogP contribution < -0.4 is 5.32 Å². The number of hydrogen-bond donors (Lipinski definition) is 1. The third kappa shape index (κ3) is 3.84. The Morgan fingerprint density at radius 1 is 1.52 bits per heavy atom. The van der Waals surface area contributed by atoms with Crippen LogP contribution in [0.3, 0.4) is 0 Å². The molecule has 0 bridgehead atoms. The third-order valence-electron chi connectivity index (χ3n) is 4.13. The van der Waals surface area contributed by atoms with Gasteiger partial charge in [0.05, 0.1) is 5.69 Å². The summed E-state index contributed by atoms with van der Waals surface area (Å²) in [6.07, 6.45) is 3.65. The van der Waals surface area contributed by atoms with E-state index in [2.05, 4.69) is 24.3 Å². The predicted octanol–water partition coefficient (Wildman–Crippen LogP) is 2.20. The highest BCUT2D eigenvalue weighted by Gasteiger charge is 2.26. The molecule has 1 amide bonds. The van der Waals surface area contributed by atoms with Gasteiger partial charge in [0.25, 0.3) is 5.91 Å². The highest BCUT2D eigenvalue weighted by molar-refractivity contribution is 5.93. The van der Waals surface area contributed by atoms with Gasteiger partial charge in [-0.1, -0.05) is 6.42 Å². The Kier molecular flexibility index (Phi) is 5.39. The number of carbonyl (C=O) groups is 1. The molecule has 0 radical (unpaired) electrons. The van der Waals surface area contributed by atoms with E-state index in [1.54, 1.807) is 4.68 Å². The van der Waals surface area contributed by atoms with E-state index in [0.29, 0.717) is 11.7 Å². The van der Waals surface area contributed by atoms with Crippen LogP contribution in [-0.4, -0.2) is 45.8 Å². The fourth-order valence-electron chi connectivity index (χ4n) is 2.95. The molecular weight excluding hydrogens is 264 g/mol. The normalized spacial score (nSPS) is 19.0.